The number of alkyl halides is 3. The molecule has 1 unspecified atom stereocenters. The molecule has 0 aromatic heterocycles. The molecule has 6 heteroatoms. The number of benzene rings is 1. The molecule has 0 fully saturated rings. The first-order valence-corrected chi connectivity index (χ1v) is 4.96. The average Bonchev–Trinajstić information content (AvgIpc) is 2.19. The third-order valence-electron chi connectivity index (χ3n) is 2.14. The molecule has 0 aliphatic rings. The molecule has 0 heterocycles. The number of rotatable bonds is 3. The molecular weight excluding hydrogens is 243 g/mol. The molecule has 0 spiro atoms. The van der Waals surface area contributed by atoms with Crippen molar-refractivity contribution < 1.29 is 18.3 Å². The van der Waals surface area contributed by atoms with Crippen LogP contribution in [0.3, 0.4) is 0 Å². The van der Waals surface area contributed by atoms with Crippen molar-refractivity contribution in [2.75, 3.05) is 6.54 Å². The summed E-state index contributed by atoms with van der Waals surface area (Å²) in [6.07, 6.45) is -5.71. The molecule has 0 amide bonds. The van der Waals surface area contributed by atoms with Crippen LogP contribution in [0.1, 0.15) is 11.1 Å². The second-order valence-corrected chi connectivity index (χ2v) is 3.76. The molecule has 1 aromatic carbocycles. The van der Waals surface area contributed by atoms with Crippen LogP contribution < -0.4 is 5.73 Å². The highest BCUT2D eigenvalue weighted by Gasteiger charge is 2.34. The highest BCUT2D eigenvalue weighted by Crippen LogP contribution is 2.35. The van der Waals surface area contributed by atoms with Gasteiger partial charge in [0.15, 0.2) is 0 Å². The van der Waals surface area contributed by atoms with Gasteiger partial charge >= 0.3 is 6.18 Å². The molecule has 0 bridgehead atoms. The fraction of sp³-hybridized carbons (Fsp3) is 0.400. The smallest absolute Gasteiger partial charge is 0.391 e. The molecule has 2 nitrogen and oxygen atoms in total. The van der Waals surface area contributed by atoms with Crippen molar-refractivity contribution in [3.05, 3.63) is 34.3 Å². The second kappa shape index (κ2) is 5.03. The normalized spacial score (nSPS) is 13.9. The van der Waals surface area contributed by atoms with Gasteiger partial charge in [-0.1, -0.05) is 17.7 Å². The van der Waals surface area contributed by atoms with Crippen molar-refractivity contribution >= 4 is 11.6 Å². The molecular formula is C10H11ClF3NO. The van der Waals surface area contributed by atoms with E-state index in [1.165, 1.54) is 12.1 Å². The maximum Gasteiger partial charge on any atom is 0.416 e. The summed E-state index contributed by atoms with van der Waals surface area (Å²) in [5.74, 6) is 0. The van der Waals surface area contributed by atoms with Crippen molar-refractivity contribution in [2.24, 2.45) is 5.73 Å². The Morgan fingerprint density at radius 1 is 1.38 bits per heavy atom. The lowest BCUT2D eigenvalue weighted by Crippen LogP contribution is -2.24. The molecule has 16 heavy (non-hydrogen) atoms. The largest absolute Gasteiger partial charge is 0.416 e. The number of hydrogen-bond donors (Lipinski definition) is 2. The highest BCUT2D eigenvalue weighted by molar-refractivity contribution is 6.31. The van der Waals surface area contributed by atoms with Gasteiger partial charge in [0.2, 0.25) is 0 Å². The molecule has 0 radical (unpaired) electrons. The van der Waals surface area contributed by atoms with E-state index in [1.54, 1.807) is 0 Å². The van der Waals surface area contributed by atoms with E-state index in [0.29, 0.717) is 0 Å². The minimum absolute atomic E-state index is 0.0117. The van der Waals surface area contributed by atoms with E-state index < -0.39 is 17.8 Å². The maximum atomic E-state index is 12.6. The molecule has 1 rings (SSSR count). The van der Waals surface area contributed by atoms with E-state index in [9.17, 15) is 18.3 Å². The van der Waals surface area contributed by atoms with E-state index >= 15 is 0 Å². The van der Waals surface area contributed by atoms with Crippen molar-refractivity contribution in [3.8, 4) is 0 Å². The zero-order chi connectivity index (χ0) is 12.3. The van der Waals surface area contributed by atoms with Gasteiger partial charge in [-0.3, -0.25) is 0 Å². The summed E-state index contributed by atoms with van der Waals surface area (Å²) in [6, 6.07) is 3.52. The summed E-state index contributed by atoms with van der Waals surface area (Å²) in [6.45, 7) is -0.109. The lowest BCUT2D eigenvalue weighted by atomic mass is 10.0. The predicted octanol–water partition coefficient (Wildman–Crippen LogP) is 2.22. The van der Waals surface area contributed by atoms with E-state index in [4.69, 9.17) is 17.3 Å². The lowest BCUT2D eigenvalue weighted by molar-refractivity contribution is -0.138. The Bertz CT molecular complexity index is 368. The molecule has 3 N–H and O–H groups in total. The van der Waals surface area contributed by atoms with Gasteiger partial charge in [-0.25, -0.2) is 0 Å². The fourth-order valence-electron chi connectivity index (χ4n) is 1.35. The van der Waals surface area contributed by atoms with Crippen molar-refractivity contribution in [1.82, 2.24) is 0 Å². The van der Waals surface area contributed by atoms with Crippen LogP contribution in [0.2, 0.25) is 5.02 Å². The first-order chi connectivity index (χ1) is 7.36. The van der Waals surface area contributed by atoms with Gasteiger partial charge < -0.3 is 10.8 Å². The number of halogens is 4. The Balaban J connectivity index is 3.14. The minimum Gasteiger partial charge on any atom is -0.391 e. The average molecular weight is 254 g/mol. The summed E-state index contributed by atoms with van der Waals surface area (Å²) in [5, 5.41) is 9.26. The van der Waals surface area contributed by atoms with Crippen LogP contribution in [0.15, 0.2) is 18.2 Å². The summed E-state index contributed by atoms with van der Waals surface area (Å²) >= 11 is 5.68. The van der Waals surface area contributed by atoms with Crippen LogP contribution in [-0.2, 0) is 12.6 Å². The number of aliphatic hydroxyl groups excluding tert-OH is 1. The molecule has 0 saturated carbocycles. The molecule has 0 aliphatic carbocycles. The number of hydrogen-bond acceptors (Lipinski definition) is 2. The van der Waals surface area contributed by atoms with E-state index in [2.05, 4.69) is 0 Å². The van der Waals surface area contributed by atoms with E-state index in [0.717, 1.165) is 6.07 Å². The summed E-state index contributed by atoms with van der Waals surface area (Å²) < 4.78 is 37.8. The van der Waals surface area contributed by atoms with Gasteiger partial charge in [0, 0.05) is 18.0 Å². The van der Waals surface area contributed by atoms with Gasteiger partial charge in [-0.2, -0.15) is 13.2 Å². The summed E-state index contributed by atoms with van der Waals surface area (Å²) in [5.41, 5.74) is 4.21. The zero-order valence-electron chi connectivity index (χ0n) is 8.26. The predicted molar refractivity (Wildman–Crippen MR) is 55.2 cm³/mol. The maximum absolute atomic E-state index is 12.6. The van der Waals surface area contributed by atoms with E-state index in [-0.39, 0.29) is 23.6 Å². The van der Waals surface area contributed by atoms with E-state index in [1.807, 2.05) is 0 Å². The first kappa shape index (κ1) is 13.3. The highest BCUT2D eigenvalue weighted by atomic mass is 35.5. The van der Waals surface area contributed by atoms with Gasteiger partial charge in [0.05, 0.1) is 11.7 Å². The van der Waals surface area contributed by atoms with Gasteiger partial charge in [0.1, 0.15) is 0 Å². The van der Waals surface area contributed by atoms with Crippen LogP contribution in [0, 0.1) is 0 Å². The third kappa shape index (κ3) is 3.10. The zero-order valence-corrected chi connectivity index (χ0v) is 9.02. The Morgan fingerprint density at radius 2 is 2.00 bits per heavy atom. The third-order valence-corrected chi connectivity index (χ3v) is 2.49. The number of nitrogens with two attached hydrogens (primary N) is 1. The Kier molecular flexibility index (Phi) is 4.18. The number of aliphatic hydroxyl groups is 1. The van der Waals surface area contributed by atoms with Crippen molar-refractivity contribution in [3.63, 3.8) is 0 Å². The molecule has 0 aliphatic heterocycles. The molecule has 90 valence electrons. The quantitative estimate of drug-likeness (QED) is 0.868. The Morgan fingerprint density at radius 3 is 2.50 bits per heavy atom. The first-order valence-electron chi connectivity index (χ1n) is 4.59. The van der Waals surface area contributed by atoms with Crippen molar-refractivity contribution in [1.29, 1.82) is 0 Å². The topological polar surface area (TPSA) is 46.2 Å². The van der Waals surface area contributed by atoms with Crippen LogP contribution in [0.5, 0.6) is 0 Å². The summed E-state index contributed by atoms with van der Waals surface area (Å²) in [7, 11) is 0. The van der Waals surface area contributed by atoms with Crippen LogP contribution in [-0.4, -0.2) is 17.8 Å². The molecule has 0 saturated heterocycles. The Hall–Kier alpha value is -0.780. The van der Waals surface area contributed by atoms with Crippen molar-refractivity contribution in [2.45, 2.75) is 18.7 Å². The van der Waals surface area contributed by atoms with Gasteiger partial charge in [0.25, 0.3) is 0 Å². The lowest BCUT2D eigenvalue weighted by Gasteiger charge is -2.16. The SMILES string of the molecule is NCC(O)Cc1c(Cl)cccc1C(F)(F)F. The van der Waals surface area contributed by atoms with Gasteiger partial charge in [-0.15, -0.1) is 0 Å². The molecule has 1 atom stereocenters. The monoisotopic (exact) mass is 253 g/mol. The summed E-state index contributed by atoms with van der Waals surface area (Å²) in [4.78, 5) is 0. The van der Waals surface area contributed by atoms with Crippen LogP contribution in [0.25, 0.3) is 0 Å². The fourth-order valence-corrected chi connectivity index (χ4v) is 1.60. The minimum atomic E-state index is -4.48. The Labute approximate surface area is 95.8 Å². The second-order valence-electron chi connectivity index (χ2n) is 3.36. The van der Waals surface area contributed by atoms with Gasteiger partial charge in [-0.05, 0) is 17.7 Å². The standard InChI is InChI=1S/C10H11ClF3NO/c11-9-3-1-2-8(10(12,13)14)7(9)4-6(16)5-15/h1-3,6,16H,4-5,15H2. The molecule has 1 aromatic rings. The van der Waals surface area contributed by atoms with Crippen LogP contribution >= 0.6 is 11.6 Å². The van der Waals surface area contributed by atoms with Crippen LogP contribution in [0.4, 0.5) is 13.2 Å².